The van der Waals surface area contributed by atoms with Gasteiger partial charge in [0.2, 0.25) is 0 Å². The van der Waals surface area contributed by atoms with Crippen LogP contribution in [-0.2, 0) is 17.6 Å². The van der Waals surface area contributed by atoms with E-state index in [1.54, 1.807) is 19.1 Å². The highest BCUT2D eigenvalue weighted by molar-refractivity contribution is 7.17. The molecule has 8 heteroatoms. The zero-order chi connectivity index (χ0) is 27.0. The van der Waals surface area contributed by atoms with Crippen molar-refractivity contribution >= 4 is 62.3 Å². The van der Waals surface area contributed by atoms with Gasteiger partial charge in [-0.2, -0.15) is 0 Å². The molecule has 38 heavy (non-hydrogen) atoms. The quantitative estimate of drug-likeness (QED) is 0.237. The molecule has 196 valence electrons. The van der Waals surface area contributed by atoms with Crippen molar-refractivity contribution in [2.45, 2.75) is 46.5 Å². The maximum atomic E-state index is 14.0. The minimum absolute atomic E-state index is 0.272. The number of benzene rings is 2. The lowest BCUT2D eigenvalue weighted by Crippen LogP contribution is -2.18. The highest BCUT2D eigenvalue weighted by Crippen LogP contribution is 2.42. The molecule has 0 saturated carbocycles. The van der Waals surface area contributed by atoms with E-state index in [0.717, 1.165) is 41.5 Å². The number of thiophene rings is 1. The Morgan fingerprint density at radius 2 is 1.92 bits per heavy atom. The van der Waals surface area contributed by atoms with Crippen molar-refractivity contribution in [1.82, 2.24) is 4.98 Å². The number of hydrogen-bond acceptors (Lipinski definition) is 5. The van der Waals surface area contributed by atoms with Crippen LogP contribution in [0.2, 0.25) is 10.0 Å². The van der Waals surface area contributed by atoms with Crippen LogP contribution in [0.25, 0.3) is 22.2 Å². The molecule has 5 nitrogen and oxygen atoms in total. The number of aromatic nitrogens is 1. The van der Waals surface area contributed by atoms with Gasteiger partial charge in [0.05, 0.1) is 34.0 Å². The van der Waals surface area contributed by atoms with Crippen LogP contribution in [0.4, 0.5) is 5.00 Å². The molecular weight excluding hydrogens is 539 g/mol. The fourth-order valence-electron chi connectivity index (χ4n) is 5.22. The van der Waals surface area contributed by atoms with Gasteiger partial charge in [0, 0.05) is 20.8 Å². The van der Waals surface area contributed by atoms with Crippen molar-refractivity contribution in [3.05, 3.63) is 79.6 Å². The van der Waals surface area contributed by atoms with E-state index in [-0.39, 0.29) is 18.5 Å². The monoisotopic (exact) mass is 566 g/mol. The van der Waals surface area contributed by atoms with Crippen molar-refractivity contribution in [2.75, 3.05) is 11.9 Å². The van der Waals surface area contributed by atoms with Crippen LogP contribution in [0.1, 0.15) is 63.4 Å². The molecule has 0 spiro atoms. The fraction of sp³-hybridized carbons (Fsp3) is 0.300. The normalized spacial score (nSPS) is 14.8. The zero-order valence-corrected chi connectivity index (χ0v) is 23.8. The minimum Gasteiger partial charge on any atom is -0.462 e. The molecule has 1 N–H and O–H groups in total. The third-order valence-corrected chi connectivity index (χ3v) is 8.92. The maximum Gasteiger partial charge on any atom is 0.341 e. The number of nitrogens with one attached hydrogen (secondary N) is 1. The zero-order valence-electron chi connectivity index (χ0n) is 21.5. The van der Waals surface area contributed by atoms with Gasteiger partial charge in [0.15, 0.2) is 0 Å². The second-order valence-corrected chi connectivity index (χ2v) is 11.5. The highest BCUT2D eigenvalue weighted by Gasteiger charge is 2.31. The van der Waals surface area contributed by atoms with Crippen LogP contribution in [0.5, 0.6) is 0 Å². The molecule has 2 aromatic heterocycles. The first-order valence-corrected chi connectivity index (χ1v) is 14.4. The van der Waals surface area contributed by atoms with Crippen LogP contribution < -0.4 is 5.32 Å². The van der Waals surface area contributed by atoms with Crippen molar-refractivity contribution in [3.63, 3.8) is 0 Å². The van der Waals surface area contributed by atoms with Gasteiger partial charge in [0.25, 0.3) is 5.91 Å². The van der Waals surface area contributed by atoms with E-state index in [0.29, 0.717) is 54.4 Å². The molecule has 2 aromatic carbocycles. The number of fused-ring (bicyclic) bond motifs is 2. The summed E-state index contributed by atoms with van der Waals surface area (Å²) in [6.07, 6.45) is 3.84. The SMILES string of the molecule is CCOC(=O)c1c(NC(=O)c2c(C)c(-c3ccc(Cl)cc3Cl)nc3ccccc23)sc2c1CCC(CC)C2. The molecule has 2 heterocycles. The summed E-state index contributed by atoms with van der Waals surface area (Å²) in [6, 6.07) is 12.8. The van der Waals surface area contributed by atoms with Gasteiger partial charge < -0.3 is 10.1 Å². The number of nitrogens with zero attached hydrogens (tertiary/aromatic N) is 1. The van der Waals surface area contributed by atoms with Gasteiger partial charge in [-0.15, -0.1) is 11.3 Å². The molecule has 1 amide bonds. The third kappa shape index (κ3) is 4.93. The lowest BCUT2D eigenvalue weighted by atomic mass is 9.85. The van der Waals surface area contributed by atoms with Crippen LogP contribution in [0.3, 0.4) is 0 Å². The Balaban J connectivity index is 1.62. The van der Waals surface area contributed by atoms with Crippen molar-refractivity contribution in [2.24, 2.45) is 5.92 Å². The van der Waals surface area contributed by atoms with Crippen molar-refractivity contribution < 1.29 is 14.3 Å². The summed E-state index contributed by atoms with van der Waals surface area (Å²) in [6.45, 7) is 6.12. The summed E-state index contributed by atoms with van der Waals surface area (Å²) in [5.74, 6) is -0.110. The number of carbonyl (C=O) groups is 2. The van der Waals surface area contributed by atoms with Gasteiger partial charge >= 0.3 is 5.97 Å². The summed E-state index contributed by atoms with van der Waals surface area (Å²) in [7, 11) is 0. The largest absolute Gasteiger partial charge is 0.462 e. The van der Waals surface area contributed by atoms with Gasteiger partial charge in [-0.05, 0) is 74.4 Å². The molecule has 1 aliphatic carbocycles. The summed E-state index contributed by atoms with van der Waals surface area (Å²) < 4.78 is 5.41. The van der Waals surface area contributed by atoms with Crippen molar-refractivity contribution in [1.29, 1.82) is 0 Å². The second kappa shape index (κ2) is 11.0. The first-order chi connectivity index (χ1) is 18.3. The Bertz CT molecular complexity index is 1560. The molecule has 0 fully saturated rings. The average molecular weight is 568 g/mol. The predicted molar refractivity (Wildman–Crippen MR) is 156 cm³/mol. The number of halogens is 2. The molecule has 1 aliphatic rings. The lowest BCUT2D eigenvalue weighted by molar-refractivity contribution is 0.0526. The first kappa shape index (κ1) is 26.7. The van der Waals surface area contributed by atoms with Gasteiger partial charge in [-0.1, -0.05) is 54.7 Å². The molecule has 4 aromatic rings. The summed E-state index contributed by atoms with van der Waals surface area (Å²) in [4.78, 5) is 33.1. The number of pyridine rings is 1. The van der Waals surface area contributed by atoms with Gasteiger partial charge in [0.1, 0.15) is 5.00 Å². The Labute approximate surface area is 236 Å². The summed E-state index contributed by atoms with van der Waals surface area (Å²) >= 11 is 14.2. The van der Waals surface area contributed by atoms with Crippen LogP contribution >= 0.6 is 34.5 Å². The number of amides is 1. The topological polar surface area (TPSA) is 68.3 Å². The number of hydrogen-bond donors (Lipinski definition) is 1. The number of anilines is 1. The third-order valence-electron chi connectivity index (χ3n) is 7.20. The number of carbonyl (C=O) groups excluding carboxylic acids is 2. The molecule has 5 rings (SSSR count). The molecule has 0 aliphatic heterocycles. The predicted octanol–water partition coefficient (Wildman–Crippen LogP) is 8.52. The number of rotatable bonds is 6. The Morgan fingerprint density at radius 3 is 2.66 bits per heavy atom. The lowest BCUT2D eigenvalue weighted by Gasteiger charge is -2.21. The molecule has 0 saturated heterocycles. The molecular formula is C30H28Cl2N2O3S. The van der Waals surface area contributed by atoms with E-state index in [9.17, 15) is 9.59 Å². The van der Waals surface area contributed by atoms with E-state index in [4.69, 9.17) is 32.9 Å². The Kier molecular flexibility index (Phi) is 7.75. The molecule has 1 atom stereocenters. The minimum atomic E-state index is -0.389. The van der Waals surface area contributed by atoms with E-state index in [1.165, 1.54) is 11.3 Å². The molecule has 0 radical (unpaired) electrons. The molecule has 0 bridgehead atoms. The number of ether oxygens (including phenoxy) is 1. The highest BCUT2D eigenvalue weighted by atomic mass is 35.5. The maximum absolute atomic E-state index is 14.0. The average Bonchev–Trinajstić information content (AvgIpc) is 3.25. The summed E-state index contributed by atoms with van der Waals surface area (Å²) in [5.41, 5.74) is 4.66. The number of para-hydroxylation sites is 1. The van der Waals surface area contributed by atoms with E-state index in [2.05, 4.69) is 12.2 Å². The fourth-order valence-corrected chi connectivity index (χ4v) is 7.06. The first-order valence-electron chi connectivity index (χ1n) is 12.8. The van der Waals surface area contributed by atoms with Crippen LogP contribution in [-0.4, -0.2) is 23.5 Å². The van der Waals surface area contributed by atoms with Crippen molar-refractivity contribution in [3.8, 4) is 11.3 Å². The Morgan fingerprint density at radius 1 is 1.13 bits per heavy atom. The van der Waals surface area contributed by atoms with Crippen LogP contribution in [0, 0.1) is 12.8 Å². The second-order valence-electron chi connectivity index (χ2n) is 9.50. The van der Waals surface area contributed by atoms with E-state index >= 15 is 0 Å². The van der Waals surface area contributed by atoms with E-state index in [1.807, 2.05) is 37.3 Å². The smallest absolute Gasteiger partial charge is 0.341 e. The Hall–Kier alpha value is -2.93. The van der Waals surface area contributed by atoms with Gasteiger partial charge in [-0.25, -0.2) is 9.78 Å². The summed E-state index contributed by atoms with van der Waals surface area (Å²) in [5, 5.41) is 5.33. The van der Waals surface area contributed by atoms with E-state index < -0.39 is 0 Å². The standard InChI is InChI=1S/C30H28Cl2N2O3S/c1-4-17-10-12-21-24(14-17)38-29(26(21)30(36)37-5-2)34-28(35)25-16(3)27(19-13-11-18(31)15-22(19)32)33-23-9-7-6-8-20(23)25/h6-9,11,13,15,17H,4-5,10,12,14H2,1-3H3,(H,34,35). The van der Waals surface area contributed by atoms with Crippen LogP contribution in [0.15, 0.2) is 42.5 Å². The van der Waals surface area contributed by atoms with Gasteiger partial charge in [-0.3, -0.25) is 4.79 Å². The number of esters is 1. The molecule has 1 unspecified atom stereocenters.